The smallest absolute Gasteiger partial charge is 0.419 e. The third kappa shape index (κ3) is 3.99. The lowest BCUT2D eigenvalue weighted by Gasteiger charge is -2.27. The monoisotopic (exact) mass is 385 g/mol. The van der Waals surface area contributed by atoms with E-state index in [0.717, 1.165) is 22.6 Å². The zero-order valence-electron chi connectivity index (χ0n) is 16.7. The van der Waals surface area contributed by atoms with Crippen molar-refractivity contribution in [3.8, 4) is 11.3 Å². The van der Waals surface area contributed by atoms with Crippen LogP contribution in [-0.2, 0) is 4.74 Å². The normalized spacial score (nSPS) is 11.4. The van der Waals surface area contributed by atoms with E-state index in [4.69, 9.17) is 4.74 Å². The zero-order chi connectivity index (χ0) is 20.4. The van der Waals surface area contributed by atoms with Crippen LogP contribution >= 0.6 is 0 Å². The van der Waals surface area contributed by atoms with Crippen LogP contribution in [0.15, 0.2) is 85.2 Å². The molecule has 0 bridgehead atoms. The van der Waals surface area contributed by atoms with E-state index in [-0.39, 0.29) is 0 Å². The van der Waals surface area contributed by atoms with Gasteiger partial charge in [-0.2, -0.15) is 0 Å². The number of para-hydroxylation sites is 1. The average Bonchev–Trinajstić information content (AvgIpc) is 3.12. The number of carbonyl (C=O) groups is 1. The molecular weight excluding hydrogens is 362 g/mol. The summed E-state index contributed by atoms with van der Waals surface area (Å²) in [5.41, 5.74) is 3.67. The van der Waals surface area contributed by atoms with E-state index in [1.807, 2.05) is 110 Å². The van der Waals surface area contributed by atoms with Crippen molar-refractivity contribution in [1.82, 2.24) is 9.38 Å². The Kier molecular flexibility index (Phi) is 4.80. The van der Waals surface area contributed by atoms with Crippen LogP contribution in [0.3, 0.4) is 0 Å². The number of pyridine rings is 1. The number of aromatic nitrogens is 2. The van der Waals surface area contributed by atoms with Crippen molar-refractivity contribution in [2.45, 2.75) is 26.4 Å². The first-order valence-corrected chi connectivity index (χ1v) is 9.53. The number of benzene rings is 2. The van der Waals surface area contributed by atoms with Crippen molar-refractivity contribution in [1.29, 1.82) is 0 Å². The van der Waals surface area contributed by atoms with Crippen LogP contribution in [-0.4, -0.2) is 21.1 Å². The van der Waals surface area contributed by atoms with Crippen molar-refractivity contribution in [2.75, 3.05) is 4.90 Å². The predicted octanol–water partition coefficient (Wildman–Crippen LogP) is 6.07. The largest absolute Gasteiger partial charge is 0.443 e. The number of fused-ring (bicyclic) bond motifs is 1. The number of nitrogens with zero attached hydrogens (tertiary/aromatic N) is 3. The second-order valence-corrected chi connectivity index (χ2v) is 7.78. The summed E-state index contributed by atoms with van der Waals surface area (Å²) < 4.78 is 7.67. The molecule has 4 aromatic rings. The first-order valence-electron chi connectivity index (χ1n) is 9.53. The Bertz CT molecular complexity index is 1130. The summed E-state index contributed by atoms with van der Waals surface area (Å²) in [6.45, 7) is 5.59. The highest BCUT2D eigenvalue weighted by molar-refractivity contribution is 5.96. The van der Waals surface area contributed by atoms with Gasteiger partial charge in [0.05, 0.1) is 23.3 Å². The van der Waals surface area contributed by atoms with Gasteiger partial charge in [-0.3, -0.25) is 4.40 Å². The molecule has 0 atom stereocenters. The Labute approximate surface area is 170 Å². The zero-order valence-corrected chi connectivity index (χ0v) is 16.7. The molecular formula is C24H23N3O2. The summed E-state index contributed by atoms with van der Waals surface area (Å²) in [7, 11) is 0. The van der Waals surface area contributed by atoms with Gasteiger partial charge in [-0.05, 0) is 45.0 Å². The highest BCUT2D eigenvalue weighted by Gasteiger charge is 2.25. The van der Waals surface area contributed by atoms with Crippen LogP contribution in [0.4, 0.5) is 16.2 Å². The van der Waals surface area contributed by atoms with Crippen LogP contribution in [0.2, 0.25) is 0 Å². The number of hydrogen-bond donors (Lipinski definition) is 0. The van der Waals surface area contributed by atoms with Crippen molar-refractivity contribution >= 4 is 23.1 Å². The summed E-state index contributed by atoms with van der Waals surface area (Å²) in [4.78, 5) is 19.2. The van der Waals surface area contributed by atoms with Gasteiger partial charge in [0.1, 0.15) is 11.2 Å². The Hall–Kier alpha value is -3.60. The minimum absolute atomic E-state index is 0.426. The van der Waals surface area contributed by atoms with Crippen molar-refractivity contribution < 1.29 is 9.53 Å². The third-order valence-electron chi connectivity index (χ3n) is 4.41. The van der Waals surface area contributed by atoms with E-state index < -0.39 is 11.7 Å². The van der Waals surface area contributed by atoms with Gasteiger partial charge in [0.2, 0.25) is 0 Å². The fourth-order valence-electron chi connectivity index (χ4n) is 3.17. The van der Waals surface area contributed by atoms with Crippen molar-refractivity contribution in [2.24, 2.45) is 0 Å². The van der Waals surface area contributed by atoms with Gasteiger partial charge in [-0.25, -0.2) is 14.7 Å². The van der Waals surface area contributed by atoms with Gasteiger partial charge in [-0.1, -0.05) is 48.5 Å². The molecule has 0 aliphatic rings. The lowest BCUT2D eigenvalue weighted by molar-refractivity contribution is 0.0599. The first-order chi connectivity index (χ1) is 13.9. The molecule has 0 unspecified atom stereocenters. The molecule has 29 heavy (non-hydrogen) atoms. The van der Waals surface area contributed by atoms with Crippen LogP contribution < -0.4 is 4.90 Å². The number of amides is 1. The van der Waals surface area contributed by atoms with E-state index in [1.54, 1.807) is 4.90 Å². The van der Waals surface area contributed by atoms with Gasteiger partial charge in [0, 0.05) is 11.8 Å². The molecule has 0 saturated carbocycles. The van der Waals surface area contributed by atoms with E-state index in [1.165, 1.54) is 0 Å². The molecule has 2 heterocycles. The lowest BCUT2D eigenvalue weighted by Crippen LogP contribution is -2.34. The minimum atomic E-state index is -0.599. The van der Waals surface area contributed by atoms with E-state index >= 15 is 0 Å². The quantitative estimate of drug-likeness (QED) is 0.430. The van der Waals surface area contributed by atoms with Crippen molar-refractivity contribution in [3.63, 3.8) is 0 Å². The summed E-state index contributed by atoms with van der Waals surface area (Å²) in [6.07, 6.45) is 3.33. The molecule has 5 heteroatoms. The molecule has 5 nitrogen and oxygen atoms in total. The minimum Gasteiger partial charge on any atom is -0.443 e. The Morgan fingerprint density at radius 1 is 0.897 bits per heavy atom. The fraction of sp³-hybridized carbons (Fsp3) is 0.167. The number of imidazole rings is 1. The second kappa shape index (κ2) is 7.43. The standard InChI is InChI=1S/C24H23N3O2/c1-24(2,3)29-23(28)27(19-12-8-5-9-13-19)20-14-15-22-25-16-21(26(22)17-20)18-10-6-4-7-11-18/h4-17H,1-3H3. The maximum atomic E-state index is 13.1. The van der Waals surface area contributed by atoms with Crippen molar-refractivity contribution in [3.05, 3.63) is 85.2 Å². The molecule has 0 aliphatic carbocycles. The number of anilines is 2. The molecule has 0 aliphatic heterocycles. The van der Waals surface area contributed by atoms with Gasteiger partial charge in [0.15, 0.2) is 0 Å². The Morgan fingerprint density at radius 3 is 2.21 bits per heavy atom. The molecule has 0 radical (unpaired) electrons. The van der Waals surface area contributed by atoms with Gasteiger partial charge >= 0.3 is 6.09 Å². The maximum absolute atomic E-state index is 13.1. The third-order valence-corrected chi connectivity index (χ3v) is 4.41. The fourth-order valence-corrected chi connectivity index (χ4v) is 3.17. The topological polar surface area (TPSA) is 46.8 Å². The Balaban J connectivity index is 1.83. The first kappa shape index (κ1) is 18.7. The number of ether oxygens (including phenoxy) is 1. The number of carbonyl (C=O) groups excluding carboxylic acids is 1. The summed E-state index contributed by atoms with van der Waals surface area (Å²) >= 11 is 0. The highest BCUT2D eigenvalue weighted by Crippen LogP contribution is 2.30. The van der Waals surface area contributed by atoms with E-state index in [2.05, 4.69) is 4.98 Å². The van der Waals surface area contributed by atoms with Crippen LogP contribution in [0.5, 0.6) is 0 Å². The maximum Gasteiger partial charge on any atom is 0.419 e. The van der Waals surface area contributed by atoms with E-state index in [0.29, 0.717) is 5.69 Å². The number of rotatable bonds is 3. The highest BCUT2D eigenvalue weighted by atomic mass is 16.6. The SMILES string of the molecule is CC(C)(C)OC(=O)N(c1ccccc1)c1ccc2ncc(-c3ccccc3)n2c1. The molecule has 1 amide bonds. The van der Waals surface area contributed by atoms with Crippen LogP contribution in [0.25, 0.3) is 16.9 Å². The Morgan fingerprint density at radius 2 is 1.55 bits per heavy atom. The van der Waals surface area contributed by atoms with Crippen LogP contribution in [0.1, 0.15) is 20.8 Å². The van der Waals surface area contributed by atoms with E-state index in [9.17, 15) is 4.79 Å². The molecule has 2 aromatic carbocycles. The number of hydrogen-bond acceptors (Lipinski definition) is 3. The summed E-state index contributed by atoms with van der Waals surface area (Å²) in [5.74, 6) is 0. The van der Waals surface area contributed by atoms with Gasteiger partial charge in [-0.15, -0.1) is 0 Å². The average molecular weight is 385 g/mol. The molecule has 4 rings (SSSR count). The summed E-state index contributed by atoms with van der Waals surface area (Å²) in [5, 5.41) is 0. The predicted molar refractivity (Wildman–Crippen MR) is 115 cm³/mol. The molecule has 2 aromatic heterocycles. The molecule has 0 saturated heterocycles. The second-order valence-electron chi connectivity index (χ2n) is 7.78. The molecule has 0 spiro atoms. The summed E-state index contributed by atoms with van der Waals surface area (Å²) in [6, 6.07) is 23.3. The lowest BCUT2D eigenvalue weighted by atomic mass is 10.2. The van der Waals surface area contributed by atoms with Crippen LogP contribution in [0, 0.1) is 0 Å². The molecule has 0 fully saturated rings. The molecule has 0 N–H and O–H groups in total. The van der Waals surface area contributed by atoms with Gasteiger partial charge < -0.3 is 4.74 Å². The molecule has 146 valence electrons. The van der Waals surface area contributed by atoms with Gasteiger partial charge in [0.25, 0.3) is 0 Å².